The zero-order chi connectivity index (χ0) is 31.8. The van der Waals surface area contributed by atoms with E-state index in [0.717, 1.165) is 75.8 Å². The van der Waals surface area contributed by atoms with Crippen molar-refractivity contribution in [3.63, 3.8) is 0 Å². The second kappa shape index (κ2) is 18.5. The molecule has 0 aromatic heterocycles. The lowest BCUT2D eigenvalue weighted by molar-refractivity contribution is -0.133. The third kappa shape index (κ3) is 12.7. The van der Waals surface area contributed by atoms with Crippen molar-refractivity contribution in [2.24, 2.45) is 5.14 Å². The molecule has 44 heavy (non-hydrogen) atoms. The molecule has 0 fully saturated rings. The van der Waals surface area contributed by atoms with Crippen LogP contribution in [0.5, 0.6) is 5.75 Å². The van der Waals surface area contributed by atoms with E-state index in [2.05, 4.69) is 21.6 Å². The average Bonchev–Trinajstić information content (AvgIpc) is 2.99. The topological polar surface area (TPSA) is 168 Å². The predicted molar refractivity (Wildman–Crippen MR) is 169 cm³/mol. The van der Waals surface area contributed by atoms with Crippen LogP contribution in [0, 0.1) is 0 Å². The number of carbonyl (C=O) groups excluding carboxylic acids is 1. The van der Waals surface area contributed by atoms with E-state index in [1.807, 2.05) is 24.3 Å². The number of ether oxygens (including phenoxy) is 1. The second-order valence-electron chi connectivity index (χ2n) is 10.7. The van der Waals surface area contributed by atoms with Crippen LogP contribution in [0.2, 0.25) is 0 Å². The number of aliphatic hydroxyl groups excluding tert-OH is 2. The molecule has 240 valence electrons. The Morgan fingerprint density at radius 2 is 1.64 bits per heavy atom. The Balaban J connectivity index is 1.25. The smallest absolute Gasteiger partial charge is 0.382 e. The minimum Gasteiger partial charge on any atom is -0.508 e. The summed E-state index contributed by atoms with van der Waals surface area (Å²) < 4.78 is 32.2. The molecule has 11 heteroatoms. The van der Waals surface area contributed by atoms with Gasteiger partial charge < -0.3 is 29.6 Å². The molecule has 3 rings (SSSR count). The van der Waals surface area contributed by atoms with Gasteiger partial charge in [-0.25, -0.2) is 0 Å². The Morgan fingerprint density at radius 1 is 0.886 bits per heavy atom. The number of phenols is 1. The maximum Gasteiger partial charge on any atom is 0.382 e. The van der Waals surface area contributed by atoms with Gasteiger partial charge in [0.2, 0.25) is 0 Å². The first-order valence-corrected chi connectivity index (χ1v) is 16.4. The van der Waals surface area contributed by atoms with Gasteiger partial charge in [0.25, 0.3) is 0 Å². The van der Waals surface area contributed by atoms with Crippen molar-refractivity contribution < 1.29 is 37.5 Å². The van der Waals surface area contributed by atoms with E-state index in [0.29, 0.717) is 23.2 Å². The molecule has 0 aliphatic rings. The highest BCUT2D eigenvalue weighted by Crippen LogP contribution is 2.26. The zero-order valence-corrected chi connectivity index (χ0v) is 25.8. The number of hydrogen-bond acceptors (Lipinski definition) is 9. The fourth-order valence-electron chi connectivity index (χ4n) is 4.90. The van der Waals surface area contributed by atoms with Crippen LogP contribution in [0.3, 0.4) is 0 Å². The van der Waals surface area contributed by atoms with E-state index in [1.165, 1.54) is 11.6 Å². The molecule has 0 unspecified atom stereocenters. The number of carbonyl (C=O) groups is 1. The molecule has 6 N–H and O–H groups in total. The van der Waals surface area contributed by atoms with Gasteiger partial charge in [-0.15, -0.1) is 0 Å². The van der Waals surface area contributed by atoms with E-state index in [1.54, 1.807) is 24.3 Å². The first-order chi connectivity index (χ1) is 21.2. The zero-order valence-electron chi connectivity index (χ0n) is 25.0. The van der Waals surface area contributed by atoms with Crippen molar-refractivity contribution in [3.8, 4) is 16.9 Å². The SMILES string of the molecule is NS(=O)(=O)OC(=O)Cc1ccccc1-c1cccc(CCCCCOCCCCCNC[C@H](O)c2ccc(O)c(CO)c2)c1. The van der Waals surface area contributed by atoms with Gasteiger partial charge in [0.15, 0.2) is 0 Å². The summed E-state index contributed by atoms with van der Waals surface area (Å²) in [5.74, 6) is -0.899. The molecule has 3 aromatic rings. The molecule has 0 spiro atoms. The second-order valence-corrected chi connectivity index (χ2v) is 11.9. The third-order valence-corrected chi connectivity index (χ3v) is 7.61. The summed E-state index contributed by atoms with van der Waals surface area (Å²) in [5.41, 5.74) is 4.70. The molecular formula is C33H44N2O8S. The monoisotopic (exact) mass is 628 g/mol. The van der Waals surface area contributed by atoms with Crippen LogP contribution >= 0.6 is 0 Å². The van der Waals surface area contributed by atoms with Crippen molar-refractivity contribution in [1.29, 1.82) is 0 Å². The van der Waals surface area contributed by atoms with E-state index in [-0.39, 0.29) is 18.8 Å². The lowest BCUT2D eigenvalue weighted by atomic mass is 9.95. The molecular weight excluding hydrogens is 584 g/mol. The van der Waals surface area contributed by atoms with Crippen LogP contribution in [0.25, 0.3) is 11.1 Å². The predicted octanol–water partition coefficient (Wildman–Crippen LogP) is 4.06. The number of nitrogens with one attached hydrogen (secondary N) is 1. The first kappa shape index (κ1) is 35.2. The lowest BCUT2D eigenvalue weighted by Gasteiger charge is -2.14. The van der Waals surface area contributed by atoms with E-state index in [9.17, 15) is 28.5 Å². The minimum atomic E-state index is -4.34. The lowest BCUT2D eigenvalue weighted by Crippen LogP contribution is -2.22. The maximum absolute atomic E-state index is 12.0. The molecule has 0 radical (unpaired) electrons. The fraction of sp³-hybridized carbons (Fsp3) is 0.424. The van der Waals surface area contributed by atoms with Crippen molar-refractivity contribution >= 4 is 16.3 Å². The molecule has 3 aromatic carbocycles. The molecule has 1 atom stereocenters. The summed E-state index contributed by atoms with van der Waals surface area (Å²) >= 11 is 0. The number of aromatic hydroxyl groups is 1. The highest BCUT2D eigenvalue weighted by atomic mass is 32.2. The van der Waals surface area contributed by atoms with E-state index >= 15 is 0 Å². The summed E-state index contributed by atoms with van der Waals surface area (Å²) in [4.78, 5) is 12.0. The largest absolute Gasteiger partial charge is 0.508 e. The molecule has 0 bridgehead atoms. The van der Waals surface area contributed by atoms with Gasteiger partial charge in [-0.05, 0) is 85.0 Å². The van der Waals surface area contributed by atoms with E-state index < -0.39 is 22.4 Å². The van der Waals surface area contributed by atoms with Gasteiger partial charge in [0, 0.05) is 25.3 Å². The minimum absolute atomic E-state index is 0.0242. The van der Waals surface area contributed by atoms with Crippen LogP contribution in [-0.4, -0.2) is 56.0 Å². The van der Waals surface area contributed by atoms with Gasteiger partial charge in [-0.2, -0.15) is 13.6 Å². The molecule has 0 aliphatic carbocycles. The number of aryl methyl sites for hydroxylation is 1. The standard InChI is InChI=1S/C33H44N2O8S/c34-44(40,41)43-33(39)22-27-12-4-5-14-30(27)26-13-9-11-25(20-26)10-3-1-7-18-42-19-8-2-6-17-35-23-32(38)28-15-16-31(37)29(21-28)24-36/h4-5,9,11-16,20-21,32,35-38H,1-3,6-8,10,17-19,22-24H2,(H2,34,40,41)/t32-/m0/s1. The molecule has 0 saturated carbocycles. The van der Waals surface area contributed by atoms with Gasteiger partial charge in [0.05, 0.1) is 19.1 Å². The van der Waals surface area contributed by atoms with Crippen molar-refractivity contribution in [3.05, 3.63) is 89.0 Å². The van der Waals surface area contributed by atoms with Gasteiger partial charge >= 0.3 is 16.3 Å². The van der Waals surface area contributed by atoms with Crippen LogP contribution in [0.4, 0.5) is 0 Å². The Morgan fingerprint density at radius 3 is 2.39 bits per heavy atom. The van der Waals surface area contributed by atoms with Crippen LogP contribution < -0.4 is 10.5 Å². The van der Waals surface area contributed by atoms with Gasteiger partial charge in [-0.1, -0.05) is 61.0 Å². The summed E-state index contributed by atoms with van der Waals surface area (Å²) in [6.07, 6.45) is 6.08. The quantitative estimate of drug-likeness (QED) is 0.116. The van der Waals surface area contributed by atoms with Gasteiger partial charge in [0.1, 0.15) is 5.75 Å². The molecule has 0 aliphatic heterocycles. The molecule has 0 amide bonds. The summed E-state index contributed by atoms with van der Waals surface area (Å²) in [6, 6.07) is 20.2. The number of hydrogen-bond donors (Lipinski definition) is 5. The number of unbranched alkanes of at least 4 members (excludes halogenated alkanes) is 4. The number of rotatable bonds is 20. The van der Waals surface area contributed by atoms with Crippen LogP contribution in [0.15, 0.2) is 66.7 Å². The summed E-state index contributed by atoms with van der Waals surface area (Å²) in [6.45, 7) is 2.39. The molecule has 0 saturated heterocycles. The average molecular weight is 629 g/mol. The number of benzene rings is 3. The van der Waals surface area contributed by atoms with Gasteiger partial charge in [-0.3, -0.25) is 4.79 Å². The number of nitrogens with two attached hydrogens (primary N) is 1. The normalized spacial score (nSPS) is 12.2. The van der Waals surface area contributed by atoms with Crippen molar-refractivity contribution in [1.82, 2.24) is 5.32 Å². The highest BCUT2D eigenvalue weighted by Gasteiger charge is 2.15. The van der Waals surface area contributed by atoms with Crippen molar-refractivity contribution in [2.75, 3.05) is 26.3 Å². The first-order valence-electron chi connectivity index (χ1n) is 15.0. The number of aliphatic hydroxyl groups is 2. The summed E-state index contributed by atoms with van der Waals surface area (Å²) in [7, 11) is -4.34. The molecule has 10 nitrogen and oxygen atoms in total. The fourth-order valence-corrected chi connectivity index (χ4v) is 5.22. The Hall–Kier alpha value is -3.32. The van der Waals surface area contributed by atoms with E-state index in [4.69, 9.17) is 9.88 Å². The van der Waals surface area contributed by atoms with Crippen molar-refractivity contribution in [2.45, 2.75) is 64.1 Å². The van der Waals surface area contributed by atoms with Crippen LogP contribution in [0.1, 0.15) is 66.9 Å². The Labute approximate surface area is 260 Å². The Kier molecular flexibility index (Phi) is 14.8. The Bertz CT molecular complexity index is 1430. The molecule has 0 heterocycles. The van der Waals surface area contributed by atoms with Crippen LogP contribution in [-0.2, 0) is 43.5 Å². The third-order valence-electron chi connectivity index (χ3n) is 7.19. The maximum atomic E-state index is 12.0. The summed E-state index contributed by atoms with van der Waals surface area (Å²) in [5, 5.41) is 37.3. The highest BCUT2D eigenvalue weighted by molar-refractivity contribution is 7.84.